The van der Waals surface area contributed by atoms with Gasteiger partial charge in [-0.3, -0.25) is 4.79 Å². The molecule has 17 heavy (non-hydrogen) atoms. The SMILES string of the molecule is CO[C@H]1CN(C(=O)[C@H]2CCCCN2)C[C@H]1OC. The highest BCUT2D eigenvalue weighted by Gasteiger charge is 2.37. The predicted molar refractivity (Wildman–Crippen MR) is 63.8 cm³/mol. The van der Waals surface area contributed by atoms with Crippen molar-refractivity contribution < 1.29 is 14.3 Å². The van der Waals surface area contributed by atoms with Crippen molar-refractivity contribution in [1.82, 2.24) is 10.2 Å². The lowest BCUT2D eigenvalue weighted by Gasteiger charge is -2.27. The van der Waals surface area contributed by atoms with E-state index >= 15 is 0 Å². The molecule has 0 aliphatic carbocycles. The van der Waals surface area contributed by atoms with Crippen molar-refractivity contribution in [3.05, 3.63) is 0 Å². The van der Waals surface area contributed by atoms with E-state index in [2.05, 4.69) is 5.32 Å². The number of likely N-dealkylation sites (tertiary alicyclic amines) is 1. The fourth-order valence-corrected chi connectivity index (χ4v) is 2.66. The normalized spacial score (nSPS) is 34.0. The minimum atomic E-state index is -0.00291. The maximum Gasteiger partial charge on any atom is 0.239 e. The first-order chi connectivity index (χ1) is 8.26. The molecule has 0 aromatic carbocycles. The predicted octanol–water partition coefficient (Wildman–Crippen LogP) is 0.000700. The smallest absolute Gasteiger partial charge is 0.239 e. The van der Waals surface area contributed by atoms with E-state index in [1.807, 2.05) is 4.90 Å². The zero-order valence-electron chi connectivity index (χ0n) is 10.6. The Morgan fingerprint density at radius 1 is 1.18 bits per heavy atom. The van der Waals surface area contributed by atoms with Gasteiger partial charge in [-0.05, 0) is 19.4 Å². The van der Waals surface area contributed by atoms with Crippen LogP contribution in [0.5, 0.6) is 0 Å². The molecular formula is C12H22N2O3. The van der Waals surface area contributed by atoms with E-state index in [-0.39, 0.29) is 24.2 Å². The van der Waals surface area contributed by atoms with Gasteiger partial charge >= 0.3 is 0 Å². The number of rotatable bonds is 3. The fraction of sp³-hybridized carbons (Fsp3) is 0.917. The minimum absolute atomic E-state index is 0.00291. The summed E-state index contributed by atoms with van der Waals surface area (Å²) < 4.78 is 10.7. The van der Waals surface area contributed by atoms with Crippen molar-refractivity contribution >= 4 is 5.91 Å². The van der Waals surface area contributed by atoms with Crippen molar-refractivity contribution in [2.24, 2.45) is 0 Å². The molecule has 3 atom stereocenters. The first-order valence-electron chi connectivity index (χ1n) is 6.34. The van der Waals surface area contributed by atoms with Gasteiger partial charge in [0, 0.05) is 27.3 Å². The second-order valence-electron chi connectivity index (χ2n) is 4.79. The van der Waals surface area contributed by atoms with Crippen LogP contribution in [0, 0.1) is 0 Å². The molecule has 1 amide bonds. The molecular weight excluding hydrogens is 220 g/mol. The Hall–Kier alpha value is -0.650. The van der Waals surface area contributed by atoms with Crippen molar-refractivity contribution in [3.63, 3.8) is 0 Å². The largest absolute Gasteiger partial charge is 0.377 e. The molecule has 0 aromatic heterocycles. The highest BCUT2D eigenvalue weighted by Crippen LogP contribution is 2.18. The molecule has 2 saturated heterocycles. The van der Waals surface area contributed by atoms with Crippen LogP contribution in [0.3, 0.4) is 0 Å². The van der Waals surface area contributed by atoms with Gasteiger partial charge in [0.2, 0.25) is 5.91 Å². The molecule has 0 spiro atoms. The number of nitrogens with zero attached hydrogens (tertiary/aromatic N) is 1. The molecule has 2 rings (SSSR count). The average molecular weight is 242 g/mol. The van der Waals surface area contributed by atoms with E-state index in [0.29, 0.717) is 13.1 Å². The van der Waals surface area contributed by atoms with E-state index in [1.54, 1.807) is 14.2 Å². The Balaban J connectivity index is 1.92. The Bertz CT molecular complexity index is 254. The molecule has 0 aromatic rings. The fourth-order valence-electron chi connectivity index (χ4n) is 2.66. The van der Waals surface area contributed by atoms with Crippen molar-refractivity contribution in [2.45, 2.75) is 37.5 Å². The van der Waals surface area contributed by atoms with E-state index in [1.165, 1.54) is 6.42 Å². The molecule has 2 heterocycles. The summed E-state index contributed by atoms with van der Waals surface area (Å²) in [5, 5.41) is 3.29. The molecule has 98 valence electrons. The van der Waals surface area contributed by atoms with Crippen LogP contribution in [0.25, 0.3) is 0 Å². The highest BCUT2D eigenvalue weighted by atomic mass is 16.5. The van der Waals surface area contributed by atoms with Gasteiger partial charge in [0.1, 0.15) is 12.2 Å². The lowest BCUT2D eigenvalue weighted by atomic mass is 10.0. The lowest BCUT2D eigenvalue weighted by Crippen LogP contribution is -2.48. The van der Waals surface area contributed by atoms with Crippen LogP contribution in [0.4, 0.5) is 0 Å². The van der Waals surface area contributed by atoms with Gasteiger partial charge in [0.25, 0.3) is 0 Å². The standard InChI is InChI=1S/C12H22N2O3/c1-16-10-7-14(8-11(10)17-2)12(15)9-5-3-4-6-13-9/h9-11,13H,3-8H2,1-2H3/t9-,10-,11+/m1/s1. The van der Waals surface area contributed by atoms with Gasteiger partial charge in [-0.2, -0.15) is 0 Å². The Labute approximate surface area is 102 Å². The number of hydrogen-bond acceptors (Lipinski definition) is 4. The van der Waals surface area contributed by atoms with Gasteiger partial charge < -0.3 is 19.7 Å². The van der Waals surface area contributed by atoms with Gasteiger partial charge in [-0.25, -0.2) is 0 Å². The summed E-state index contributed by atoms with van der Waals surface area (Å²) >= 11 is 0. The molecule has 5 nitrogen and oxygen atoms in total. The average Bonchev–Trinajstić information content (AvgIpc) is 2.82. The monoisotopic (exact) mass is 242 g/mol. The topological polar surface area (TPSA) is 50.8 Å². The van der Waals surface area contributed by atoms with Crippen LogP contribution >= 0.6 is 0 Å². The van der Waals surface area contributed by atoms with Crippen LogP contribution < -0.4 is 5.32 Å². The van der Waals surface area contributed by atoms with Crippen molar-refractivity contribution in [1.29, 1.82) is 0 Å². The van der Waals surface area contributed by atoms with Gasteiger partial charge in [0.15, 0.2) is 0 Å². The third-order valence-electron chi connectivity index (χ3n) is 3.74. The zero-order valence-corrected chi connectivity index (χ0v) is 10.6. The molecule has 0 saturated carbocycles. The number of amides is 1. The molecule has 1 N–H and O–H groups in total. The Morgan fingerprint density at radius 2 is 1.82 bits per heavy atom. The number of nitrogens with one attached hydrogen (secondary N) is 1. The number of piperidine rings is 1. The Kier molecular flexibility index (Phi) is 4.36. The second-order valence-corrected chi connectivity index (χ2v) is 4.79. The van der Waals surface area contributed by atoms with Gasteiger partial charge in [0.05, 0.1) is 6.04 Å². The zero-order chi connectivity index (χ0) is 12.3. The summed E-state index contributed by atoms with van der Waals surface area (Å²) in [6, 6.07) is -0.00291. The second kappa shape index (κ2) is 5.80. The quantitative estimate of drug-likeness (QED) is 0.757. The maximum absolute atomic E-state index is 12.3. The third kappa shape index (κ3) is 2.78. The van der Waals surface area contributed by atoms with Crippen LogP contribution in [0.1, 0.15) is 19.3 Å². The molecule has 5 heteroatoms. The van der Waals surface area contributed by atoms with Crippen molar-refractivity contribution in [2.75, 3.05) is 33.9 Å². The molecule has 0 radical (unpaired) electrons. The molecule has 2 fully saturated rings. The summed E-state index contributed by atoms with van der Waals surface area (Å²) in [5.41, 5.74) is 0. The van der Waals surface area contributed by atoms with Crippen molar-refractivity contribution in [3.8, 4) is 0 Å². The first kappa shape index (κ1) is 12.8. The summed E-state index contributed by atoms with van der Waals surface area (Å²) in [5.74, 6) is 0.200. The molecule has 2 aliphatic rings. The van der Waals surface area contributed by atoms with Gasteiger partial charge in [-0.15, -0.1) is 0 Å². The first-order valence-corrected chi connectivity index (χ1v) is 6.34. The number of carbonyl (C=O) groups is 1. The van der Waals surface area contributed by atoms with E-state index in [4.69, 9.17) is 9.47 Å². The van der Waals surface area contributed by atoms with Gasteiger partial charge in [-0.1, -0.05) is 6.42 Å². The molecule has 0 bridgehead atoms. The summed E-state index contributed by atoms with van der Waals surface area (Å²) in [6.07, 6.45) is 3.27. The highest BCUT2D eigenvalue weighted by molar-refractivity contribution is 5.82. The maximum atomic E-state index is 12.3. The van der Waals surface area contributed by atoms with E-state index < -0.39 is 0 Å². The third-order valence-corrected chi connectivity index (χ3v) is 3.74. The van der Waals surface area contributed by atoms with E-state index in [0.717, 1.165) is 19.4 Å². The summed E-state index contributed by atoms with van der Waals surface area (Å²) in [6.45, 7) is 2.24. The van der Waals surface area contributed by atoms with Crippen LogP contribution in [-0.4, -0.2) is 62.9 Å². The Morgan fingerprint density at radius 3 is 2.29 bits per heavy atom. The van der Waals surface area contributed by atoms with E-state index in [9.17, 15) is 4.79 Å². The number of methoxy groups -OCH3 is 2. The summed E-state index contributed by atoms with van der Waals surface area (Å²) in [4.78, 5) is 14.1. The number of ether oxygens (including phenoxy) is 2. The molecule has 0 unspecified atom stereocenters. The van der Waals surface area contributed by atoms with Crippen LogP contribution in [0.2, 0.25) is 0 Å². The minimum Gasteiger partial charge on any atom is -0.377 e. The lowest BCUT2D eigenvalue weighted by molar-refractivity contribution is -0.133. The number of hydrogen-bond donors (Lipinski definition) is 1. The summed E-state index contributed by atoms with van der Waals surface area (Å²) in [7, 11) is 3.34. The number of carbonyl (C=O) groups excluding carboxylic acids is 1. The van der Waals surface area contributed by atoms with Crippen LogP contribution in [-0.2, 0) is 14.3 Å². The van der Waals surface area contributed by atoms with Crippen LogP contribution in [0.15, 0.2) is 0 Å². The molecule has 2 aliphatic heterocycles.